The van der Waals surface area contributed by atoms with Gasteiger partial charge in [-0.3, -0.25) is 13.8 Å². The molecule has 0 amide bonds. The maximum absolute atomic E-state index is 11.2. The Labute approximate surface area is 113 Å². The van der Waals surface area contributed by atoms with Crippen LogP contribution < -0.4 is 5.44 Å². The second-order valence-electron chi connectivity index (χ2n) is 4.29. The Morgan fingerprint density at radius 3 is 2.60 bits per heavy atom. The summed E-state index contributed by atoms with van der Waals surface area (Å²) < 4.78 is 12.2. The van der Waals surface area contributed by atoms with Gasteiger partial charge in [0.15, 0.2) is 0 Å². The number of imidazole rings is 1. The molecule has 0 saturated heterocycles. The van der Waals surface area contributed by atoms with Crippen molar-refractivity contribution in [3.05, 3.63) is 23.9 Å². The van der Waals surface area contributed by atoms with E-state index in [1.54, 1.807) is 6.92 Å². The molecule has 4 N–H and O–H groups in total. The molecule has 9 heteroatoms. The molecule has 0 aliphatic heterocycles. The van der Waals surface area contributed by atoms with Crippen LogP contribution in [-0.2, 0) is 9.36 Å². The van der Waals surface area contributed by atoms with Crippen LogP contribution in [0.5, 0.6) is 5.88 Å². The fourth-order valence-electron chi connectivity index (χ4n) is 1.99. The first-order chi connectivity index (χ1) is 9.25. The number of rotatable bonds is 4. The summed E-state index contributed by atoms with van der Waals surface area (Å²) in [6, 6.07) is 2.91. The predicted molar refractivity (Wildman–Crippen MR) is 69.2 cm³/mol. The third kappa shape index (κ3) is 2.40. The van der Waals surface area contributed by atoms with E-state index in [0.29, 0.717) is 12.0 Å². The third-order valence-corrected chi connectivity index (χ3v) is 3.83. The van der Waals surface area contributed by atoms with Crippen molar-refractivity contribution < 1.29 is 29.4 Å². The average Bonchev–Trinajstić information content (AvgIpc) is 2.67. The number of carboxylic acid groups (broad SMARTS) is 1. The Hall–Kier alpha value is -1.89. The van der Waals surface area contributed by atoms with Crippen LogP contribution in [0.25, 0.3) is 5.65 Å². The van der Waals surface area contributed by atoms with E-state index < -0.39 is 30.8 Å². The van der Waals surface area contributed by atoms with Crippen LogP contribution in [0.3, 0.4) is 0 Å². The fraction of sp³-hybridized carbons (Fsp3) is 0.273. The van der Waals surface area contributed by atoms with Gasteiger partial charge in [-0.1, -0.05) is 13.0 Å². The molecule has 20 heavy (non-hydrogen) atoms. The molecule has 0 radical (unpaired) electrons. The summed E-state index contributed by atoms with van der Waals surface area (Å²) in [5.41, 5.74) is -0.180. The maximum atomic E-state index is 11.2. The van der Waals surface area contributed by atoms with E-state index in [-0.39, 0.29) is 5.65 Å². The second-order valence-corrected chi connectivity index (χ2v) is 5.80. The van der Waals surface area contributed by atoms with Gasteiger partial charge in [-0.2, -0.15) is 0 Å². The molecule has 8 nitrogen and oxygen atoms in total. The topological polar surface area (TPSA) is 132 Å². The minimum Gasteiger partial charge on any atom is -0.492 e. The van der Waals surface area contributed by atoms with Gasteiger partial charge in [-0.05, 0) is 18.1 Å². The Balaban J connectivity index is 2.63. The van der Waals surface area contributed by atoms with E-state index in [2.05, 4.69) is 4.98 Å². The van der Waals surface area contributed by atoms with Gasteiger partial charge in [0.25, 0.3) is 0 Å². The molecule has 0 saturated carbocycles. The first-order valence-corrected chi connectivity index (χ1v) is 7.36. The van der Waals surface area contributed by atoms with Crippen molar-refractivity contribution in [2.45, 2.75) is 19.3 Å². The quantitative estimate of drug-likeness (QED) is 0.601. The predicted octanol–water partition coefficient (Wildman–Crippen LogP) is 0.421. The van der Waals surface area contributed by atoms with Gasteiger partial charge in [0.1, 0.15) is 5.65 Å². The lowest BCUT2D eigenvalue weighted by atomic mass is 9.98. The highest BCUT2D eigenvalue weighted by molar-refractivity contribution is 7.60. The number of nitrogens with zero attached hydrogens (tertiary/aromatic N) is 2. The van der Waals surface area contributed by atoms with Crippen LogP contribution in [0.1, 0.15) is 24.8 Å². The minimum absolute atomic E-state index is 0.129. The smallest absolute Gasteiger partial charge is 0.380 e. The standard InChI is InChI=1S/C11H13N2O6P/c1-2-7(11(15)16)6-3-4-8-12-9(20(17,18)19)10(14)13(8)5-6/h3-5,7,14H,2H2,1H3,(H,15,16)(H2,17,18,19). The van der Waals surface area contributed by atoms with Crippen molar-refractivity contribution in [1.29, 1.82) is 0 Å². The molecule has 2 rings (SSSR count). The van der Waals surface area contributed by atoms with E-state index in [0.717, 1.165) is 4.40 Å². The van der Waals surface area contributed by atoms with Crippen LogP contribution in [-0.4, -0.2) is 35.4 Å². The van der Waals surface area contributed by atoms with Crippen LogP contribution >= 0.6 is 7.60 Å². The molecule has 0 bridgehead atoms. The maximum Gasteiger partial charge on any atom is 0.380 e. The number of aromatic hydroxyl groups is 1. The molecule has 0 aliphatic rings. The van der Waals surface area contributed by atoms with E-state index in [1.807, 2.05) is 0 Å². The van der Waals surface area contributed by atoms with E-state index in [9.17, 15) is 14.5 Å². The molecule has 1 atom stereocenters. The zero-order valence-electron chi connectivity index (χ0n) is 10.5. The van der Waals surface area contributed by atoms with Crippen LogP contribution in [0.4, 0.5) is 0 Å². The second kappa shape index (κ2) is 4.90. The monoisotopic (exact) mass is 300 g/mol. The summed E-state index contributed by atoms with van der Waals surface area (Å²) in [6.45, 7) is 1.71. The number of hydrogen-bond donors (Lipinski definition) is 4. The van der Waals surface area contributed by atoms with Crippen molar-refractivity contribution in [1.82, 2.24) is 9.38 Å². The van der Waals surface area contributed by atoms with Crippen molar-refractivity contribution in [3.63, 3.8) is 0 Å². The molecular weight excluding hydrogens is 287 g/mol. The molecule has 2 aromatic rings. The van der Waals surface area contributed by atoms with Gasteiger partial charge in [-0.15, -0.1) is 0 Å². The van der Waals surface area contributed by atoms with Gasteiger partial charge < -0.3 is 20.0 Å². The minimum atomic E-state index is -4.69. The van der Waals surface area contributed by atoms with Gasteiger partial charge in [0.2, 0.25) is 11.3 Å². The van der Waals surface area contributed by atoms with E-state index in [4.69, 9.17) is 14.9 Å². The number of carboxylic acids is 1. The number of pyridine rings is 1. The van der Waals surface area contributed by atoms with Crippen molar-refractivity contribution in [3.8, 4) is 5.88 Å². The van der Waals surface area contributed by atoms with Crippen molar-refractivity contribution in [2.24, 2.45) is 0 Å². The van der Waals surface area contributed by atoms with Gasteiger partial charge in [0.05, 0.1) is 5.92 Å². The molecule has 0 fully saturated rings. The van der Waals surface area contributed by atoms with Crippen LogP contribution in [0.15, 0.2) is 18.3 Å². The Morgan fingerprint density at radius 1 is 1.45 bits per heavy atom. The first kappa shape index (κ1) is 14.5. The lowest BCUT2D eigenvalue weighted by Crippen LogP contribution is -2.11. The number of fused-ring (bicyclic) bond motifs is 1. The number of aromatic nitrogens is 2. The summed E-state index contributed by atoms with van der Waals surface area (Å²) in [5.74, 6) is -2.46. The Bertz CT molecular complexity index is 719. The highest BCUT2D eigenvalue weighted by atomic mass is 31.2. The van der Waals surface area contributed by atoms with Crippen molar-refractivity contribution in [2.75, 3.05) is 0 Å². The molecule has 108 valence electrons. The lowest BCUT2D eigenvalue weighted by Gasteiger charge is -2.10. The van der Waals surface area contributed by atoms with E-state index >= 15 is 0 Å². The molecule has 2 aromatic heterocycles. The first-order valence-electron chi connectivity index (χ1n) is 5.75. The van der Waals surface area contributed by atoms with Gasteiger partial charge >= 0.3 is 13.6 Å². The highest BCUT2D eigenvalue weighted by Gasteiger charge is 2.28. The normalized spacial score (nSPS) is 13.6. The van der Waals surface area contributed by atoms with E-state index in [1.165, 1.54) is 18.3 Å². The Kier molecular flexibility index (Phi) is 3.56. The highest BCUT2D eigenvalue weighted by Crippen LogP contribution is 2.37. The molecule has 0 aromatic carbocycles. The van der Waals surface area contributed by atoms with Gasteiger partial charge in [-0.25, -0.2) is 4.98 Å². The largest absolute Gasteiger partial charge is 0.492 e. The average molecular weight is 300 g/mol. The Morgan fingerprint density at radius 2 is 2.10 bits per heavy atom. The summed E-state index contributed by atoms with van der Waals surface area (Å²) in [6.07, 6.45) is 1.67. The van der Waals surface area contributed by atoms with Crippen LogP contribution in [0.2, 0.25) is 0 Å². The third-order valence-electron chi connectivity index (χ3n) is 2.98. The summed E-state index contributed by atoms with van der Waals surface area (Å²) >= 11 is 0. The molecule has 2 heterocycles. The molecule has 0 aliphatic carbocycles. The molecular formula is C11H13N2O6P. The summed E-state index contributed by atoms with van der Waals surface area (Å²) in [4.78, 5) is 32.9. The zero-order valence-corrected chi connectivity index (χ0v) is 11.4. The van der Waals surface area contributed by atoms with Crippen LogP contribution in [0, 0.1) is 0 Å². The number of hydrogen-bond acceptors (Lipinski definition) is 4. The SMILES string of the molecule is CCC(C(=O)O)c1ccc2nc(P(=O)(O)O)c(O)n2c1. The molecule has 0 spiro atoms. The fourth-order valence-corrected chi connectivity index (χ4v) is 2.59. The zero-order chi connectivity index (χ0) is 15.1. The van der Waals surface area contributed by atoms with Gasteiger partial charge in [0, 0.05) is 6.20 Å². The summed E-state index contributed by atoms with van der Waals surface area (Å²) in [7, 11) is -4.69. The lowest BCUT2D eigenvalue weighted by molar-refractivity contribution is -0.138. The van der Waals surface area contributed by atoms with Crippen molar-refractivity contribution >= 4 is 24.6 Å². The number of carbonyl (C=O) groups is 1. The number of aliphatic carboxylic acids is 1. The molecule has 1 unspecified atom stereocenters. The summed E-state index contributed by atoms with van der Waals surface area (Å²) in [5, 5.41) is 18.9.